The minimum Gasteiger partial charge on any atom is -0.294 e. The molecule has 0 spiro atoms. The monoisotopic (exact) mass is 284 g/mol. The maximum Gasteiger partial charge on any atom is 0.225 e. The zero-order chi connectivity index (χ0) is 15.1. The molecule has 104 valence electrons. The van der Waals surface area contributed by atoms with Gasteiger partial charge in [-0.25, -0.2) is 0 Å². The topological polar surface area (TPSA) is 34.1 Å². The van der Waals surface area contributed by atoms with Gasteiger partial charge in [-0.15, -0.1) is 0 Å². The summed E-state index contributed by atoms with van der Waals surface area (Å²) < 4.78 is 0. The molecule has 0 N–H and O–H groups in total. The Hall–Kier alpha value is -3.00. The third-order valence-electron chi connectivity index (χ3n) is 4.14. The summed E-state index contributed by atoms with van der Waals surface area (Å²) in [5.74, 6) is -0.485. The van der Waals surface area contributed by atoms with E-state index in [1.807, 2.05) is 36.4 Å². The molecule has 2 nitrogen and oxygen atoms in total. The van der Waals surface area contributed by atoms with Gasteiger partial charge in [-0.3, -0.25) is 9.59 Å². The number of carbonyl (C=O) groups excluding carboxylic acids is 2. The van der Waals surface area contributed by atoms with Crippen LogP contribution in [0.2, 0.25) is 0 Å². The van der Waals surface area contributed by atoms with E-state index in [1.165, 1.54) is 16.7 Å². The van der Waals surface area contributed by atoms with E-state index < -0.39 is 5.78 Å². The lowest BCUT2D eigenvalue weighted by molar-refractivity contribution is -0.104. The molecule has 0 amide bonds. The average Bonchev–Trinajstić information content (AvgIpc) is 2.58. The number of hydrogen-bond acceptors (Lipinski definition) is 2. The molecule has 3 aromatic rings. The van der Waals surface area contributed by atoms with Crippen molar-refractivity contribution < 1.29 is 9.59 Å². The van der Waals surface area contributed by atoms with Crippen LogP contribution < -0.4 is 0 Å². The van der Waals surface area contributed by atoms with Gasteiger partial charge >= 0.3 is 0 Å². The number of aldehydes is 1. The van der Waals surface area contributed by atoms with E-state index in [1.54, 1.807) is 12.1 Å². The van der Waals surface area contributed by atoms with Crippen molar-refractivity contribution in [1.29, 1.82) is 0 Å². The molecule has 4 rings (SSSR count). The van der Waals surface area contributed by atoms with Crippen LogP contribution in [-0.4, -0.2) is 12.1 Å². The maximum absolute atomic E-state index is 11.9. The van der Waals surface area contributed by atoms with Crippen LogP contribution in [0.15, 0.2) is 66.7 Å². The molecule has 0 atom stereocenters. The molecule has 0 radical (unpaired) electrons. The minimum atomic E-state index is -0.485. The smallest absolute Gasteiger partial charge is 0.225 e. The number of benzene rings is 3. The second kappa shape index (κ2) is 4.78. The number of hydrogen-bond donors (Lipinski definition) is 0. The van der Waals surface area contributed by atoms with Gasteiger partial charge in [-0.2, -0.15) is 0 Å². The molecule has 0 unspecified atom stereocenters. The van der Waals surface area contributed by atoms with Crippen molar-refractivity contribution in [2.75, 3.05) is 0 Å². The Morgan fingerprint density at radius 2 is 1.18 bits per heavy atom. The van der Waals surface area contributed by atoms with Crippen molar-refractivity contribution in [1.82, 2.24) is 0 Å². The van der Waals surface area contributed by atoms with Gasteiger partial charge in [-0.1, -0.05) is 66.7 Å². The van der Waals surface area contributed by atoms with Gasteiger partial charge in [0.25, 0.3) is 0 Å². The van der Waals surface area contributed by atoms with Gasteiger partial charge in [0, 0.05) is 5.56 Å². The molecule has 1 aliphatic rings. The van der Waals surface area contributed by atoms with Crippen molar-refractivity contribution in [3.8, 4) is 33.4 Å². The van der Waals surface area contributed by atoms with Crippen molar-refractivity contribution in [2.45, 2.75) is 0 Å². The number of Topliss-reactive ketones (excluding diaryl/α,β-unsaturated/α-hetero) is 1. The lowest BCUT2D eigenvalue weighted by Gasteiger charge is -2.27. The summed E-state index contributed by atoms with van der Waals surface area (Å²) in [5, 5.41) is 0. The van der Waals surface area contributed by atoms with E-state index in [0.29, 0.717) is 11.8 Å². The van der Waals surface area contributed by atoms with Crippen LogP contribution in [-0.2, 0) is 4.79 Å². The number of carbonyl (C=O) groups is 2. The van der Waals surface area contributed by atoms with Gasteiger partial charge in [-0.05, 0) is 33.4 Å². The van der Waals surface area contributed by atoms with Gasteiger partial charge in [0.1, 0.15) is 0 Å². The molecular formula is C20H12O2. The van der Waals surface area contributed by atoms with Crippen LogP contribution in [0.5, 0.6) is 0 Å². The molecule has 3 aromatic carbocycles. The maximum atomic E-state index is 11.9. The molecule has 0 bridgehead atoms. The standard InChI is InChI=1S/C20H12O2/c21-12-19(22)15-8-3-1-6-13(15)17-10-5-11-18-14-7-2-4-9-16(14)20(17)18/h1-12H. The summed E-state index contributed by atoms with van der Waals surface area (Å²) in [6.07, 6.45) is 0.377. The molecule has 1 aliphatic carbocycles. The van der Waals surface area contributed by atoms with E-state index in [-0.39, 0.29) is 0 Å². The van der Waals surface area contributed by atoms with E-state index >= 15 is 0 Å². The molecular weight excluding hydrogens is 272 g/mol. The predicted octanol–water partition coefficient (Wildman–Crippen LogP) is 4.38. The first-order valence-electron chi connectivity index (χ1n) is 7.13. The second-order valence-electron chi connectivity index (χ2n) is 5.30. The van der Waals surface area contributed by atoms with Gasteiger partial charge < -0.3 is 0 Å². The summed E-state index contributed by atoms with van der Waals surface area (Å²) in [5.41, 5.74) is 7.05. The Balaban J connectivity index is 1.96. The lowest BCUT2D eigenvalue weighted by Crippen LogP contribution is -2.05. The van der Waals surface area contributed by atoms with Crippen molar-refractivity contribution in [3.63, 3.8) is 0 Å². The van der Waals surface area contributed by atoms with Crippen LogP contribution in [0, 0.1) is 0 Å². The second-order valence-corrected chi connectivity index (χ2v) is 5.30. The molecule has 2 heteroatoms. The summed E-state index contributed by atoms with van der Waals surface area (Å²) in [7, 11) is 0. The Kier molecular flexibility index (Phi) is 2.76. The first-order chi connectivity index (χ1) is 10.8. The summed E-state index contributed by atoms with van der Waals surface area (Å²) >= 11 is 0. The Morgan fingerprint density at radius 1 is 0.636 bits per heavy atom. The quantitative estimate of drug-likeness (QED) is 0.318. The molecule has 0 heterocycles. The molecule has 0 saturated carbocycles. The zero-order valence-corrected chi connectivity index (χ0v) is 11.7. The van der Waals surface area contributed by atoms with Gasteiger partial charge in [0.2, 0.25) is 5.78 Å². The van der Waals surface area contributed by atoms with E-state index in [2.05, 4.69) is 18.2 Å². The van der Waals surface area contributed by atoms with Gasteiger partial charge in [0.05, 0.1) is 0 Å². The average molecular weight is 284 g/mol. The molecule has 22 heavy (non-hydrogen) atoms. The SMILES string of the molecule is O=CC(=O)c1ccccc1-c1cccc2c1-c1ccccc1-2. The molecule has 0 aliphatic heterocycles. The first-order valence-corrected chi connectivity index (χ1v) is 7.13. The van der Waals surface area contributed by atoms with Crippen LogP contribution in [0.4, 0.5) is 0 Å². The highest BCUT2D eigenvalue weighted by molar-refractivity contribution is 6.35. The highest BCUT2D eigenvalue weighted by Gasteiger charge is 2.26. The summed E-state index contributed by atoms with van der Waals surface area (Å²) in [6.45, 7) is 0. The van der Waals surface area contributed by atoms with Crippen LogP contribution in [0.25, 0.3) is 33.4 Å². The molecule has 0 saturated heterocycles. The molecule has 0 fully saturated rings. The van der Waals surface area contributed by atoms with Crippen molar-refractivity contribution in [2.24, 2.45) is 0 Å². The fourth-order valence-electron chi connectivity index (χ4n) is 3.16. The lowest BCUT2D eigenvalue weighted by atomic mass is 9.76. The fraction of sp³-hybridized carbons (Fsp3) is 0. The molecule has 0 aromatic heterocycles. The number of ketones is 1. The Bertz CT molecular complexity index is 922. The third-order valence-corrected chi connectivity index (χ3v) is 4.14. The third kappa shape index (κ3) is 1.67. The Morgan fingerprint density at radius 3 is 1.91 bits per heavy atom. The largest absolute Gasteiger partial charge is 0.294 e. The van der Waals surface area contributed by atoms with Crippen molar-refractivity contribution in [3.05, 3.63) is 72.3 Å². The van der Waals surface area contributed by atoms with E-state index in [9.17, 15) is 9.59 Å². The van der Waals surface area contributed by atoms with E-state index in [0.717, 1.165) is 16.7 Å². The highest BCUT2D eigenvalue weighted by atomic mass is 16.2. The number of fused-ring (bicyclic) bond motifs is 4. The fourth-order valence-corrected chi connectivity index (χ4v) is 3.16. The normalized spacial score (nSPS) is 11.1. The van der Waals surface area contributed by atoms with Gasteiger partial charge in [0.15, 0.2) is 6.29 Å². The first kappa shape index (κ1) is 12.7. The predicted molar refractivity (Wildman–Crippen MR) is 86.7 cm³/mol. The van der Waals surface area contributed by atoms with Crippen LogP contribution in [0.1, 0.15) is 10.4 Å². The van der Waals surface area contributed by atoms with Crippen LogP contribution >= 0.6 is 0 Å². The minimum absolute atomic E-state index is 0.377. The van der Waals surface area contributed by atoms with Crippen molar-refractivity contribution >= 4 is 12.1 Å². The highest BCUT2D eigenvalue weighted by Crippen LogP contribution is 2.51. The zero-order valence-electron chi connectivity index (χ0n) is 11.7. The Labute approximate surface area is 128 Å². The summed E-state index contributed by atoms with van der Waals surface area (Å²) in [4.78, 5) is 22.8. The number of rotatable bonds is 3. The van der Waals surface area contributed by atoms with Crippen LogP contribution in [0.3, 0.4) is 0 Å². The summed E-state index contributed by atoms with van der Waals surface area (Å²) in [6, 6.07) is 21.6. The van der Waals surface area contributed by atoms with E-state index in [4.69, 9.17) is 0 Å².